The van der Waals surface area contributed by atoms with Crippen LogP contribution in [-0.4, -0.2) is 61.2 Å². The Bertz CT molecular complexity index is 653. The molecule has 0 fully saturated rings. The molecule has 3 N–H and O–H groups in total. The summed E-state index contributed by atoms with van der Waals surface area (Å²) in [5, 5.41) is 22.4. The van der Waals surface area contributed by atoms with Crippen molar-refractivity contribution in [2.24, 2.45) is 5.92 Å². The molecule has 0 aliphatic carbocycles. The molecule has 0 spiro atoms. The topological polar surface area (TPSA) is 149 Å². The third kappa shape index (κ3) is 8.96. The molecule has 11 heteroatoms. The molecule has 0 saturated carbocycles. The van der Waals surface area contributed by atoms with Gasteiger partial charge in [0.2, 0.25) is 5.91 Å². The molecular formula is C18H27N3O8. The van der Waals surface area contributed by atoms with Gasteiger partial charge in [0.05, 0.1) is 30.1 Å². The van der Waals surface area contributed by atoms with Crippen LogP contribution in [0.1, 0.15) is 30.6 Å². The van der Waals surface area contributed by atoms with Crippen molar-refractivity contribution in [1.29, 1.82) is 0 Å². The molecule has 0 bridgehead atoms. The van der Waals surface area contributed by atoms with Crippen LogP contribution in [-0.2, 0) is 19.0 Å². The Kier molecular flexibility index (Phi) is 11.4. The van der Waals surface area contributed by atoms with Crippen LogP contribution in [0.3, 0.4) is 0 Å². The molecule has 1 aromatic carbocycles. The number of hydrogen-bond acceptors (Lipinski definition) is 8. The molecule has 0 saturated heterocycles. The maximum Gasteiger partial charge on any atom is 0.269 e. The first-order chi connectivity index (χ1) is 13.9. The lowest BCUT2D eigenvalue weighted by molar-refractivity contribution is -0.384. The SMILES string of the molecule is CCOCOCC(CC(COCC)C(=O)NO)NC(=O)c1ccc([N+](=O)[O-])cc1. The summed E-state index contributed by atoms with van der Waals surface area (Å²) in [4.78, 5) is 34.6. The third-order valence-electron chi connectivity index (χ3n) is 3.94. The average Bonchev–Trinajstić information content (AvgIpc) is 2.73. The van der Waals surface area contributed by atoms with E-state index in [1.54, 1.807) is 19.3 Å². The molecule has 2 unspecified atom stereocenters. The molecule has 1 aromatic rings. The van der Waals surface area contributed by atoms with E-state index in [-0.39, 0.29) is 37.7 Å². The second-order valence-electron chi connectivity index (χ2n) is 6.02. The first-order valence-corrected chi connectivity index (χ1v) is 9.15. The largest absolute Gasteiger partial charge is 0.381 e. The van der Waals surface area contributed by atoms with E-state index in [1.165, 1.54) is 24.3 Å². The summed E-state index contributed by atoms with van der Waals surface area (Å²) in [5.41, 5.74) is 1.69. The van der Waals surface area contributed by atoms with Crippen molar-refractivity contribution >= 4 is 17.5 Å². The van der Waals surface area contributed by atoms with Gasteiger partial charge in [-0.2, -0.15) is 0 Å². The summed E-state index contributed by atoms with van der Waals surface area (Å²) in [5.74, 6) is -1.85. The fourth-order valence-corrected chi connectivity index (χ4v) is 2.45. The first-order valence-electron chi connectivity index (χ1n) is 9.15. The van der Waals surface area contributed by atoms with Gasteiger partial charge >= 0.3 is 0 Å². The number of benzene rings is 1. The van der Waals surface area contributed by atoms with E-state index in [2.05, 4.69) is 5.32 Å². The average molecular weight is 413 g/mol. The van der Waals surface area contributed by atoms with Crippen LogP contribution in [0.15, 0.2) is 24.3 Å². The lowest BCUT2D eigenvalue weighted by Crippen LogP contribution is -2.43. The number of nitro groups is 1. The number of ether oxygens (including phenoxy) is 3. The minimum absolute atomic E-state index is 0.0166. The van der Waals surface area contributed by atoms with Crippen LogP contribution in [0.5, 0.6) is 0 Å². The van der Waals surface area contributed by atoms with E-state index in [4.69, 9.17) is 19.4 Å². The van der Waals surface area contributed by atoms with E-state index in [0.29, 0.717) is 13.2 Å². The van der Waals surface area contributed by atoms with Crippen LogP contribution in [0.25, 0.3) is 0 Å². The maximum atomic E-state index is 12.5. The molecule has 2 atom stereocenters. The second-order valence-corrected chi connectivity index (χ2v) is 6.02. The third-order valence-corrected chi connectivity index (χ3v) is 3.94. The molecule has 0 radical (unpaired) electrons. The molecule has 162 valence electrons. The van der Waals surface area contributed by atoms with Crippen LogP contribution >= 0.6 is 0 Å². The normalized spacial score (nSPS) is 12.8. The van der Waals surface area contributed by atoms with Crippen molar-refractivity contribution in [2.75, 3.05) is 33.2 Å². The van der Waals surface area contributed by atoms with Crippen LogP contribution in [0, 0.1) is 16.0 Å². The number of carbonyl (C=O) groups is 2. The number of rotatable bonds is 14. The lowest BCUT2D eigenvalue weighted by atomic mass is 9.99. The van der Waals surface area contributed by atoms with Gasteiger partial charge in [0.1, 0.15) is 6.79 Å². The van der Waals surface area contributed by atoms with Crippen LogP contribution in [0.2, 0.25) is 0 Å². The summed E-state index contributed by atoms with van der Waals surface area (Å²) in [6, 6.07) is 4.54. The Labute approximate surface area is 168 Å². The van der Waals surface area contributed by atoms with Gasteiger partial charge in [0.25, 0.3) is 11.6 Å². The van der Waals surface area contributed by atoms with E-state index in [0.717, 1.165) is 0 Å². The zero-order chi connectivity index (χ0) is 21.6. The Morgan fingerprint density at radius 1 is 1.10 bits per heavy atom. The minimum Gasteiger partial charge on any atom is -0.381 e. The lowest BCUT2D eigenvalue weighted by Gasteiger charge is -2.23. The molecule has 1 rings (SSSR count). The highest BCUT2D eigenvalue weighted by Gasteiger charge is 2.25. The number of hydroxylamine groups is 1. The predicted molar refractivity (Wildman–Crippen MR) is 101 cm³/mol. The van der Waals surface area contributed by atoms with E-state index >= 15 is 0 Å². The molecule has 11 nitrogen and oxygen atoms in total. The summed E-state index contributed by atoms with van der Waals surface area (Å²) < 4.78 is 15.8. The van der Waals surface area contributed by atoms with Crippen molar-refractivity contribution in [1.82, 2.24) is 10.8 Å². The zero-order valence-electron chi connectivity index (χ0n) is 16.5. The van der Waals surface area contributed by atoms with Gasteiger partial charge in [0.15, 0.2) is 0 Å². The number of carbonyl (C=O) groups excluding carboxylic acids is 2. The first kappa shape index (κ1) is 24.4. The smallest absolute Gasteiger partial charge is 0.269 e. The van der Waals surface area contributed by atoms with Crippen LogP contribution in [0.4, 0.5) is 5.69 Å². The zero-order valence-corrected chi connectivity index (χ0v) is 16.5. The Balaban J connectivity index is 2.84. The summed E-state index contributed by atoms with van der Waals surface area (Å²) in [7, 11) is 0. The predicted octanol–water partition coefficient (Wildman–Crippen LogP) is 1.25. The summed E-state index contributed by atoms with van der Waals surface area (Å²) in [6.45, 7) is 4.55. The molecule has 2 amide bonds. The van der Waals surface area contributed by atoms with Gasteiger partial charge in [-0.1, -0.05) is 0 Å². The minimum atomic E-state index is -0.724. The van der Waals surface area contributed by atoms with Crippen molar-refractivity contribution in [3.63, 3.8) is 0 Å². The molecule has 0 aliphatic heterocycles. The summed E-state index contributed by atoms with van der Waals surface area (Å²) >= 11 is 0. The van der Waals surface area contributed by atoms with E-state index < -0.39 is 28.7 Å². The number of non-ortho nitro benzene ring substituents is 1. The van der Waals surface area contributed by atoms with Crippen molar-refractivity contribution < 1.29 is 33.9 Å². The monoisotopic (exact) mass is 413 g/mol. The van der Waals surface area contributed by atoms with E-state index in [1.807, 2.05) is 0 Å². The second kappa shape index (κ2) is 13.6. The number of nitro benzene ring substituents is 1. The fourth-order valence-electron chi connectivity index (χ4n) is 2.45. The molecule has 0 aliphatic rings. The maximum absolute atomic E-state index is 12.5. The highest BCUT2D eigenvalue weighted by molar-refractivity contribution is 5.94. The van der Waals surface area contributed by atoms with Gasteiger partial charge < -0.3 is 19.5 Å². The van der Waals surface area contributed by atoms with Crippen molar-refractivity contribution in [2.45, 2.75) is 26.3 Å². The molecular weight excluding hydrogens is 386 g/mol. The van der Waals surface area contributed by atoms with Crippen molar-refractivity contribution in [3.8, 4) is 0 Å². The van der Waals surface area contributed by atoms with Gasteiger partial charge in [-0.3, -0.25) is 24.9 Å². The van der Waals surface area contributed by atoms with Gasteiger partial charge in [0, 0.05) is 30.9 Å². The number of hydrogen-bond donors (Lipinski definition) is 3. The highest BCUT2D eigenvalue weighted by atomic mass is 16.7. The molecule has 0 heterocycles. The number of nitrogens with zero attached hydrogens (tertiary/aromatic N) is 1. The fraction of sp³-hybridized carbons (Fsp3) is 0.556. The Morgan fingerprint density at radius 3 is 2.31 bits per heavy atom. The Hall–Kier alpha value is -2.60. The van der Waals surface area contributed by atoms with Gasteiger partial charge in [-0.25, -0.2) is 5.48 Å². The standard InChI is InChI=1S/C18H27N3O8/c1-3-27-10-14(18(23)20-24)9-15(11-29-12-28-4-2)19-17(22)13-5-7-16(8-6-13)21(25)26/h5-8,14-15,24H,3-4,9-12H2,1-2H3,(H,19,22)(H,20,23). The molecule has 0 aromatic heterocycles. The number of amides is 2. The van der Waals surface area contributed by atoms with Crippen LogP contribution < -0.4 is 10.8 Å². The van der Waals surface area contributed by atoms with Crippen molar-refractivity contribution in [3.05, 3.63) is 39.9 Å². The quantitative estimate of drug-likeness (QED) is 0.136. The highest BCUT2D eigenvalue weighted by Crippen LogP contribution is 2.14. The van der Waals surface area contributed by atoms with Gasteiger partial charge in [-0.15, -0.1) is 0 Å². The number of nitrogens with one attached hydrogen (secondary N) is 2. The van der Waals surface area contributed by atoms with Gasteiger partial charge in [-0.05, 0) is 32.4 Å². The molecule has 29 heavy (non-hydrogen) atoms. The van der Waals surface area contributed by atoms with E-state index in [9.17, 15) is 19.7 Å². The Morgan fingerprint density at radius 2 is 1.76 bits per heavy atom. The summed E-state index contributed by atoms with van der Waals surface area (Å²) in [6.07, 6.45) is 0.136.